The van der Waals surface area contributed by atoms with Gasteiger partial charge in [0.25, 0.3) is 0 Å². The van der Waals surface area contributed by atoms with E-state index < -0.39 is 6.10 Å². The smallest absolute Gasteiger partial charge is 0.119 e. The van der Waals surface area contributed by atoms with Crippen LogP contribution in [0.5, 0.6) is 11.5 Å². The van der Waals surface area contributed by atoms with Gasteiger partial charge in [-0.3, -0.25) is 4.90 Å². The number of nitrogens with zero attached hydrogens (tertiary/aromatic N) is 1. The van der Waals surface area contributed by atoms with E-state index in [4.69, 9.17) is 14.2 Å². The van der Waals surface area contributed by atoms with Crippen LogP contribution in [0.4, 0.5) is 0 Å². The molecule has 3 rings (SSSR count). The van der Waals surface area contributed by atoms with E-state index in [9.17, 15) is 5.11 Å². The Bertz CT molecular complexity index is 673. The van der Waals surface area contributed by atoms with E-state index in [1.807, 2.05) is 48.5 Å². The SMILES string of the molecule is COc1cccc(CN(C[C@H](O)COc2ccccc2)C[C@H]2CCCO2)c1. The average molecular weight is 371 g/mol. The number of rotatable bonds is 10. The van der Waals surface area contributed by atoms with Crippen molar-refractivity contribution >= 4 is 0 Å². The summed E-state index contributed by atoms with van der Waals surface area (Å²) in [5.74, 6) is 1.62. The molecule has 0 amide bonds. The molecule has 1 N–H and O–H groups in total. The van der Waals surface area contributed by atoms with Crippen molar-refractivity contribution in [3.63, 3.8) is 0 Å². The Morgan fingerprint density at radius 2 is 1.96 bits per heavy atom. The number of hydrogen-bond donors (Lipinski definition) is 1. The summed E-state index contributed by atoms with van der Waals surface area (Å²) in [6.07, 6.45) is 1.85. The van der Waals surface area contributed by atoms with Crippen LogP contribution in [0.25, 0.3) is 0 Å². The van der Waals surface area contributed by atoms with Gasteiger partial charge in [0, 0.05) is 26.2 Å². The summed E-state index contributed by atoms with van der Waals surface area (Å²) < 4.78 is 16.8. The zero-order chi connectivity index (χ0) is 18.9. The second-order valence-electron chi connectivity index (χ2n) is 6.96. The monoisotopic (exact) mass is 371 g/mol. The number of hydrogen-bond acceptors (Lipinski definition) is 5. The molecule has 1 aliphatic heterocycles. The van der Waals surface area contributed by atoms with Gasteiger partial charge in [0.05, 0.1) is 13.2 Å². The lowest BCUT2D eigenvalue weighted by atomic mass is 10.1. The van der Waals surface area contributed by atoms with E-state index in [0.717, 1.165) is 49.6 Å². The Morgan fingerprint density at radius 1 is 1.15 bits per heavy atom. The van der Waals surface area contributed by atoms with Gasteiger partial charge >= 0.3 is 0 Å². The van der Waals surface area contributed by atoms with Crippen molar-refractivity contribution in [2.75, 3.05) is 33.4 Å². The molecule has 5 nitrogen and oxygen atoms in total. The van der Waals surface area contributed by atoms with Gasteiger partial charge in [-0.25, -0.2) is 0 Å². The van der Waals surface area contributed by atoms with E-state index in [1.165, 1.54) is 0 Å². The van der Waals surface area contributed by atoms with Crippen molar-refractivity contribution in [1.29, 1.82) is 0 Å². The van der Waals surface area contributed by atoms with Gasteiger partial charge in [-0.1, -0.05) is 30.3 Å². The highest BCUT2D eigenvalue weighted by Gasteiger charge is 2.21. The fourth-order valence-electron chi connectivity index (χ4n) is 3.37. The van der Waals surface area contributed by atoms with Crippen LogP contribution in [0.15, 0.2) is 54.6 Å². The standard InChI is InChI=1S/C22H29NO4/c1-25-21-10-5-7-18(13-21)14-23(16-22-11-6-12-26-22)15-19(24)17-27-20-8-3-2-4-9-20/h2-5,7-10,13,19,22,24H,6,11-12,14-17H2,1H3/t19-,22+/m0/s1. The van der Waals surface area contributed by atoms with Crippen LogP contribution in [0.2, 0.25) is 0 Å². The molecular weight excluding hydrogens is 342 g/mol. The molecule has 2 atom stereocenters. The fraction of sp³-hybridized carbons (Fsp3) is 0.455. The van der Waals surface area contributed by atoms with Gasteiger partial charge in [0.1, 0.15) is 24.2 Å². The Balaban J connectivity index is 1.58. The molecule has 2 aromatic rings. The predicted octanol–water partition coefficient (Wildman–Crippen LogP) is 3.12. The van der Waals surface area contributed by atoms with E-state index in [-0.39, 0.29) is 12.7 Å². The lowest BCUT2D eigenvalue weighted by Gasteiger charge is -2.27. The summed E-state index contributed by atoms with van der Waals surface area (Å²) in [7, 11) is 1.67. The summed E-state index contributed by atoms with van der Waals surface area (Å²) in [4.78, 5) is 2.24. The molecule has 0 radical (unpaired) electrons. The zero-order valence-electron chi connectivity index (χ0n) is 15.9. The quantitative estimate of drug-likeness (QED) is 0.695. The zero-order valence-corrected chi connectivity index (χ0v) is 15.9. The van der Waals surface area contributed by atoms with Gasteiger partial charge in [-0.15, -0.1) is 0 Å². The lowest BCUT2D eigenvalue weighted by Crippen LogP contribution is -2.39. The van der Waals surface area contributed by atoms with Crippen molar-refractivity contribution in [3.8, 4) is 11.5 Å². The third-order valence-electron chi connectivity index (χ3n) is 4.68. The highest BCUT2D eigenvalue weighted by atomic mass is 16.5. The molecule has 27 heavy (non-hydrogen) atoms. The molecule has 1 aliphatic rings. The Hall–Kier alpha value is -2.08. The lowest BCUT2D eigenvalue weighted by molar-refractivity contribution is 0.0313. The molecule has 0 bridgehead atoms. The summed E-state index contributed by atoms with van der Waals surface area (Å²) in [5, 5.41) is 10.5. The topological polar surface area (TPSA) is 51.2 Å². The second-order valence-corrected chi connectivity index (χ2v) is 6.96. The molecule has 0 aliphatic carbocycles. The van der Waals surface area contributed by atoms with Gasteiger partial charge < -0.3 is 19.3 Å². The van der Waals surface area contributed by atoms with Crippen LogP contribution >= 0.6 is 0 Å². The van der Waals surface area contributed by atoms with E-state index in [2.05, 4.69) is 11.0 Å². The maximum Gasteiger partial charge on any atom is 0.119 e. The van der Waals surface area contributed by atoms with Gasteiger partial charge in [0.15, 0.2) is 0 Å². The largest absolute Gasteiger partial charge is 0.497 e. The van der Waals surface area contributed by atoms with Crippen LogP contribution in [0.1, 0.15) is 18.4 Å². The van der Waals surface area contributed by atoms with Crippen LogP contribution in [0, 0.1) is 0 Å². The van der Waals surface area contributed by atoms with Crippen LogP contribution in [-0.2, 0) is 11.3 Å². The molecule has 0 aromatic heterocycles. The molecule has 1 heterocycles. The van der Waals surface area contributed by atoms with E-state index in [0.29, 0.717) is 6.54 Å². The van der Waals surface area contributed by atoms with Crippen LogP contribution in [-0.4, -0.2) is 55.6 Å². The molecule has 1 saturated heterocycles. The van der Waals surface area contributed by atoms with Crippen molar-refractivity contribution in [2.24, 2.45) is 0 Å². The normalized spacial score (nSPS) is 17.8. The molecule has 0 unspecified atom stereocenters. The molecule has 0 spiro atoms. The van der Waals surface area contributed by atoms with Gasteiger partial charge in [0.2, 0.25) is 0 Å². The highest BCUT2D eigenvalue weighted by molar-refractivity contribution is 5.28. The third kappa shape index (κ3) is 6.54. The average Bonchev–Trinajstić information content (AvgIpc) is 3.20. The summed E-state index contributed by atoms with van der Waals surface area (Å²) in [6.45, 7) is 3.17. The summed E-state index contributed by atoms with van der Waals surface area (Å²) in [6, 6.07) is 17.6. The van der Waals surface area contributed by atoms with Crippen molar-refractivity contribution in [2.45, 2.75) is 31.6 Å². The highest BCUT2D eigenvalue weighted by Crippen LogP contribution is 2.18. The van der Waals surface area contributed by atoms with Crippen molar-refractivity contribution in [1.82, 2.24) is 4.90 Å². The first-order valence-corrected chi connectivity index (χ1v) is 9.56. The van der Waals surface area contributed by atoms with Crippen molar-refractivity contribution < 1.29 is 19.3 Å². The Morgan fingerprint density at radius 3 is 2.70 bits per heavy atom. The Labute approximate surface area is 161 Å². The molecule has 2 aromatic carbocycles. The molecule has 146 valence electrons. The number of ether oxygens (including phenoxy) is 3. The first-order chi connectivity index (χ1) is 13.2. The summed E-state index contributed by atoms with van der Waals surface area (Å²) >= 11 is 0. The minimum Gasteiger partial charge on any atom is -0.497 e. The molecule has 1 fully saturated rings. The maximum absolute atomic E-state index is 10.5. The Kier molecular flexibility index (Phi) is 7.51. The van der Waals surface area contributed by atoms with Crippen molar-refractivity contribution in [3.05, 3.63) is 60.2 Å². The first-order valence-electron chi connectivity index (χ1n) is 9.56. The third-order valence-corrected chi connectivity index (χ3v) is 4.68. The molecular formula is C22H29NO4. The fourth-order valence-corrected chi connectivity index (χ4v) is 3.37. The summed E-state index contributed by atoms with van der Waals surface area (Å²) in [5.41, 5.74) is 1.16. The first kappa shape index (κ1) is 19.7. The van der Waals surface area contributed by atoms with Gasteiger partial charge in [-0.05, 0) is 42.7 Å². The van der Waals surface area contributed by atoms with Crippen LogP contribution < -0.4 is 9.47 Å². The predicted molar refractivity (Wildman–Crippen MR) is 105 cm³/mol. The molecule has 5 heteroatoms. The molecule has 0 saturated carbocycles. The van der Waals surface area contributed by atoms with Crippen LogP contribution in [0.3, 0.4) is 0 Å². The maximum atomic E-state index is 10.5. The number of aliphatic hydroxyl groups is 1. The minimum atomic E-state index is -0.572. The second kappa shape index (κ2) is 10.3. The number of methoxy groups -OCH3 is 1. The number of aliphatic hydroxyl groups excluding tert-OH is 1. The van der Waals surface area contributed by atoms with Gasteiger partial charge in [-0.2, -0.15) is 0 Å². The van der Waals surface area contributed by atoms with E-state index >= 15 is 0 Å². The van der Waals surface area contributed by atoms with E-state index in [1.54, 1.807) is 7.11 Å². The number of benzene rings is 2. The minimum absolute atomic E-state index is 0.234. The number of para-hydroxylation sites is 1.